The summed E-state index contributed by atoms with van der Waals surface area (Å²) in [5.74, 6) is 0. The van der Waals surface area contributed by atoms with Crippen LogP contribution in [0.15, 0.2) is 35.4 Å². The molecule has 0 atom stereocenters. The zero-order valence-corrected chi connectivity index (χ0v) is 11.6. The van der Waals surface area contributed by atoms with Crippen molar-refractivity contribution in [2.75, 3.05) is 20.1 Å². The highest BCUT2D eigenvalue weighted by Gasteiger charge is 2.31. The van der Waals surface area contributed by atoms with Crippen molar-refractivity contribution in [1.29, 1.82) is 0 Å². The van der Waals surface area contributed by atoms with Gasteiger partial charge in [0.15, 0.2) is 0 Å². The molecule has 0 spiro atoms. The van der Waals surface area contributed by atoms with E-state index in [0.29, 0.717) is 30.3 Å². The third kappa shape index (κ3) is 2.46. The Morgan fingerprint density at radius 1 is 1.30 bits per heavy atom. The lowest BCUT2D eigenvalue weighted by Crippen LogP contribution is -2.46. The molecule has 1 aromatic heterocycles. The topological polar surface area (TPSA) is 58.4 Å². The van der Waals surface area contributed by atoms with Gasteiger partial charge in [0.05, 0.1) is 29.4 Å². The summed E-state index contributed by atoms with van der Waals surface area (Å²) in [5.41, 5.74) is -0.187. The molecular formula is C15H19N3O2. The Bertz CT molecular complexity index is 672. The van der Waals surface area contributed by atoms with Gasteiger partial charge in [-0.1, -0.05) is 12.1 Å². The first kappa shape index (κ1) is 13.3. The van der Waals surface area contributed by atoms with E-state index >= 15 is 0 Å². The van der Waals surface area contributed by atoms with Gasteiger partial charge in [-0.3, -0.25) is 9.36 Å². The lowest BCUT2D eigenvalue weighted by Gasteiger charge is -2.36. The Morgan fingerprint density at radius 2 is 2.00 bits per heavy atom. The number of hydrogen-bond donors (Lipinski definition) is 1. The number of rotatable bonds is 2. The fourth-order valence-corrected chi connectivity index (χ4v) is 2.73. The summed E-state index contributed by atoms with van der Waals surface area (Å²) < 4.78 is 1.54. The second-order valence-corrected chi connectivity index (χ2v) is 5.72. The monoisotopic (exact) mass is 273 g/mol. The smallest absolute Gasteiger partial charge is 0.261 e. The van der Waals surface area contributed by atoms with Gasteiger partial charge in [0.25, 0.3) is 5.56 Å². The minimum Gasteiger partial charge on any atom is -0.388 e. The number of nitrogens with zero attached hydrogens (tertiary/aromatic N) is 3. The molecule has 2 heterocycles. The molecular weight excluding hydrogens is 254 g/mol. The lowest BCUT2D eigenvalue weighted by molar-refractivity contribution is -0.0298. The quantitative estimate of drug-likeness (QED) is 0.881. The number of para-hydroxylation sites is 1. The molecule has 0 aliphatic carbocycles. The highest BCUT2D eigenvalue weighted by Crippen LogP contribution is 2.22. The average Bonchev–Trinajstić information content (AvgIpc) is 2.46. The van der Waals surface area contributed by atoms with Crippen molar-refractivity contribution in [3.05, 3.63) is 40.9 Å². The van der Waals surface area contributed by atoms with Crippen molar-refractivity contribution in [2.45, 2.75) is 25.0 Å². The number of piperidine rings is 1. The molecule has 1 saturated heterocycles. The number of likely N-dealkylation sites (tertiary alicyclic amines) is 1. The molecule has 1 aliphatic heterocycles. The van der Waals surface area contributed by atoms with Crippen LogP contribution in [0.2, 0.25) is 0 Å². The van der Waals surface area contributed by atoms with Crippen LogP contribution in [0.5, 0.6) is 0 Å². The standard InChI is InChI=1S/C15H19N3O2/c1-17-8-6-15(20,7-9-17)10-18-11-16-13-5-3-2-4-12(13)14(18)19/h2-5,11,20H,6-10H2,1H3. The molecule has 1 N–H and O–H groups in total. The van der Waals surface area contributed by atoms with E-state index in [9.17, 15) is 9.90 Å². The predicted molar refractivity (Wildman–Crippen MR) is 77.7 cm³/mol. The molecule has 0 bridgehead atoms. The van der Waals surface area contributed by atoms with E-state index in [1.165, 1.54) is 4.57 Å². The summed E-state index contributed by atoms with van der Waals surface area (Å²) in [5, 5.41) is 11.2. The molecule has 5 nitrogen and oxygen atoms in total. The van der Waals surface area contributed by atoms with Crippen LogP contribution >= 0.6 is 0 Å². The number of benzene rings is 1. The first-order chi connectivity index (χ1) is 9.57. The van der Waals surface area contributed by atoms with E-state index < -0.39 is 5.60 Å². The average molecular weight is 273 g/mol. The number of fused-ring (bicyclic) bond motifs is 1. The summed E-state index contributed by atoms with van der Waals surface area (Å²) in [6.07, 6.45) is 2.91. The van der Waals surface area contributed by atoms with Crippen LogP contribution in [0.3, 0.4) is 0 Å². The third-order valence-electron chi connectivity index (χ3n) is 4.11. The van der Waals surface area contributed by atoms with E-state index in [2.05, 4.69) is 9.88 Å². The molecule has 1 fully saturated rings. The fraction of sp³-hybridized carbons (Fsp3) is 0.467. The van der Waals surface area contributed by atoms with Crippen LogP contribution in [0.25, 0.3) is 10.9 Å². The van der Waals surface area contributed by atoms with Gasteiger partial charge in [-0.2, -0.15) is 0 Å². The Balaban J connectivity index is 1.91. The van der Waals surface area contributed by atoms with Crippen molar-refractivity contribution in [3.63, 3.8) is 0 Å². The second-order valence-electron chi connectivity index (χ2n) is 5.72. The maximum absolute atomic E-state index is 12.4. The molecule has 1 aliphatic rings. The van der Waals surface area contributed by atoms with Gasteiger partial charge >= 0.3 is 0 Å². The first-order valence-corrected chi connectivity index (χ1v) is 6.93. The molecule has 20 heavy (non-hydrogen) atoms. The summed E-state index contributed by atoms with van der Waals surface area (Å²) >= 11 is 0. The Morgan fingerprint density at radius 3 is 2.75 bits per heavy atom. The molecule has 0 saturated carbocycles. The SMILES string of the molecule is CN1CCC(O)(Cn2cnc3ccccc3c2=O)CC1. The van der Waals surface area contributed by atoms with Crippen molar-refractivity contribution < 1.29 is 5.11 Å². The fourth-order valence-electron chi connectivity index (χ4n) is 2.73. The van der Waals surface area contributed by atoms with Crippen LogP contribution in [-0.4, -0.2) is 45.3 Å². The van der Waals surface area contributed by atoms with Crippen LogP contribution in [0, 0.1) is 0 Å². The second kappa shape index (κ2) is 5.00. The summed E-state index contributed by atoms with van der Waals surface area (Å²) in [7, 11) is 2.04. The summed E-state index contributed by atoms with van der Waals surface area (Å²) in [6, 6.07) is 7.30. The van der Waals surface area contributed by atoms with Gasteiger partial charge in [0.1, 0.15) is 0 Å². The third-order valence-corrected chi connectivity index (χ3v) is 4.11. The molecule has 3 rings (SSSR count). The normalized spacial score (nSPS) is 19.3. The van der Waals surface area contributed by atoms with Crippen molar-refractivity contribution in [3.8, 4) is 0 Å². The van der Waals surface area contributed by atoms with Gasteiger partial charge in [-0.25, -0.2) is 4.98 Å². The van der Waals surface area contributed by atoms with E-state index in [0.717, 1.165) is 13.1 Å². The van der Waals surface area contributed by atoms with E-state index in [1.54, 1.807) is 12.4 Å². The lowest BCUT2D eigenvalue weighted by atomic mass is 9.91. The molecule has 1 aromatic carbocycles. The van der Waals surface area contributed by atoms with Gasteiger partial charge in [0.2, 0.25) is 0 Å². The number of aromatic nitrogens is 2. The Labute approximate surface area is 117 Å². The number of aliphatic hydroxyl groups is 1. The molecule has 0 radical (unpaired) electrons. The van der Waals surface area contributed by atoms with E-state index in [4.69, 9.17) is 0 Å². The molecule has 106 valence electrons. The van der Waals surface area contributed by atoms with Gasteiger partial charge in [0, 0.05) is 13.1 Å². The molecule has 5 heteroatoms. The van der Waals surface area contributed by atoms with Crippen LogP contribution < -0.4 is 5.56 Å². The van der Waals surface area contributed by atoms with E-state index in [-0.39, 0.29) is 5.56 Å². The van der Waals surface area contributed by atoms with Gasteiger partial charge in [-0.05, 0) is 32.0 Å². The largest absolute Gasteiger partial charge is 0.388 e. The highest BCUT2D eigenvalue weighted by atomic mass is 16.3. The van der Waals surface area contributed by atoms with Crippen LogP contribution in [0.4, 0.5) is 0 Å². The van der Waals surface area contributed by atoms with Crippen LogP contribution in [-0.2, 0) is 6.54 Å². The van der Waals surface area contributed by atoms with Gasteiger partial charge < -0.3 is 10.0 Å². The minimum absolute atomic E-state index is 0.0806. The zero-order chi connectivity index (χ0) is 14.2. The summed E-state index contributed by atoms with van der Waals surface area (Å²) in [4.78, 5) is 18.9. The molecule has 0 unspecified atom stereocenters. The molecule has 2 aromatic rings. The maximum Gasteiger partial charge on any atom is 0.261 e. The first-order valence-electron chi connectivity index (χ1n) is 6.93. The van der Waals surface area contributed by atoms with Crippen molar-refractivity contribution in [2.24, 2.45) is 0 Å². The Hall–Kier alpha value is -1.72. The van der Waals surface area contributed by atoms with Crippen LogP contribution in [0.1, 0.15) is 12.8 Å². The maximum atomic E-state index is 12.4. The van der Waals surface area contributed by atoms with Crippen molar-refractivity contribution >= 4 is 10.9 Å². The molecule has 0 amide bonds. The zero-order valence-electron chi connectivity index (χ0n) is 11.6. The van der Waals surface area contributed by atoms with Gasteiger partial charge in [-0.15, -0.1) is 0 Å². The highest BCUT2D eigenvalue weighted by molar-refractivity contribution is 5.76. The Kier molecular flexibility index (Phi) is 3.31. The predicted octanol–water partition coefficient (Wildman–Crippen LogP) is 0.853. The summed E-state index contributed by atoms with van der Waals surface area (Å²) in [6.45, 7) is 2.02. The van der Waals surface area contributed by atoms with E-state index in [1.807, 2.05) is 25.2 Å². The number of hydrogen-bond acceptors (Lipinski definition) is 4. The van der Waals surface area contributed by atoms with Crippen molar-refractivity contribution in [1.82, 2.24) is 14.5 Å². The minimum atomic E-state index is -0.805.